The van der Waals surface area contributed by atoms with Crippen molar-refractivity contribution in [1.82, 2.24) is 15.6 Å². The molecule has 2 aromatic rings. The van der Waals surface area contributed by atoms with Crippen molar-refractivity contribution in [3.05, 3.63) is 23.5 Å². The molecule has 0 aliphatic carbocycles. The predicted octanol–water partition coefficient (Wildman–Crippen LogP) is 1.75. The van der Waals surface area contributed by atoms with E-state index in [9.17, 15) is 18.0 Å². The third-order valence-corrected chi connectivity index (χ3v) is 2.17. The van der Waals surface area contributed by atoms with Crippen LogP contribution in [0.15, 0.2) is 16.8 Å². The van der Waals surface area contributed by atoms with Crippen LogP contribution in [0.1, 0.15) is 16.1 Å². The standard InChI is InChI=1S/C10H8F3N3O3/c1-5-7-2-6(3-14-9(7)19-15-5)8(17)16-18-4-10(11,12)13/h2-3H,4H2,1H3,(H,16,17). The third kappa shape index (κ3) is 3.19. The molecule has 102 valence electrons. The quantitative estimate of drug-likeness (QED) is 0.863. The summed E-state index contributed by atoms with van der Waals surface area (Å²) in [4.78, 5) is 19.4. The van der Waals surface area contributed by atoms with Gasteiger partial charge in [-0.15, -0.1) is 0 Å². The minimum atomic E-state index is -4.51. The number of alkyl halides is 3. The number of carbonyl (C=O) groups excluding carboxylic acids is 1. The predicted molar refractivity (Wildman–Crippen MR) is 56.0 cm³/mol. The van der Waals surface area contributed by atoms with Gasteiger partial charge < -0.3 is 4.52 Å². The van der Waals surface area contributed by atoms with E-state index in [1.807, 2.05) is 0 Å². The number of rotatable bonds is 3. The van der Waals surface area contributed by atoms with Crippen LogP contribution in [0.2, 0.25) is 0 Å². The highest BCUT2D eigenvalue weighted by molar-refractivity contribution is 5.96. The number of carbonyl (C=O) groups is 1. The van der Waals surface area contributed by atoms with E-state index in [2.05, 4.69) is 15.0 Å². The molecule has 0 saturated heterocycles. The molecule has 2 heterocycles. The van der Waals surface area contributed by atoms with Gasteiger partial charge in [-0.25, -0.2) is 10.5 Å². The molecule has 2 rings (SSSR count). The molecular formula is C10H8F3N3O3. The van der Waals surface area contributed by atoms with E-state index in [1.54, 1.807) is 12.4 Å². The van der Waals surface area contributed by atoms with Crippen molar-refractivity contribution >= 4 is 17.0 Å². The van der Waals surface area contributed by atoms with Gasteiger partial charge in [-0.05, 0) is 13.0 Å². The van der Waals surface area contributed by atoms with Gasteiger partial charge in [0.05, 0.1) is 16.6 Å². The van der Waals surface area contributed by atoms with Crippen molar-refractivity contribution in [1.29, 1.82) is 0 Å². The second-order valence-electron chi connectivity index (χ2n) is 3.68. The first-order chi connectivity index (χ1) is 8.87. The molecule has 0 aliphatic heterocycles. The van der Waals surface area contributed by atoms with Gasteiger partial charge in [0.15, 0.2) is 6.61 Å². The van der Waals surface area contributed by atoms with Gasteiger partial charge in [-0.2, -0.15) is 13.2 Å². The van der Waals surface area contributed by atoms with Gasteiger partial charge in [0.1, 0.15) is 0 Å². The Kier molecular flexibility index (Phi) is 3.38. The first-order valence-electron chi connectivity index (χ1n) is 5.08. The topological polar surface area (TPSA) is 77.2 Å². The van der Waals surface area contributed by atoms with Gasteiger partial charge >= 0.3 is 6.18 Å². The fourth-order valence-electron chi connectivity index (χ4n) is 1.31. The van der Waals surface area contributed by atoms with Crippen LogP contribution in [0, 0.1) is 6.92 Å². The molecule has 0 bridgehead atoms. The largest absolute Gasteiger partial charge is 0.414 e. The summed E-state index contributed by atoms with van der Waals surface area (Å²) in [7, 11) is 0. The van der Waals surface area contributed by atoms with Gasteiger partial charge in [-0.1, -0.05) is 5.16 Å². The monoisotopic (exact) mass is 275 g/mol. The Morgan fingerprint density at radius 1 is 1.53 bits per heavy atom. The van der Waals surface area contributed by atoms with Crippen LogP contribution in [0.3, 0.4) is 0 Å². The van der Waals surface area contributed by atoms with E-state index in [-0.39, 0.29) is 11.3 Å². The molecule has 2 aromatic heterocycles. The molecule has 0 unspecified atom stereocenters. The maximum Gasteiger partial charge on any atom is 0.414 e. The van der Waals surface area contributed by atoms with Crippen molar-refractivity contribution in [2.45, 2.75) is 13.1 Å². The van der Waals surface area contributed by atoms with E-state index >= 15 is 0 Å². The van der Waals surface area contributed by atoms with Gasteiger partial charge in [0.2, 0.25) is 0 Å². The number of nitrogens with one attached hydrogen (secondary N) is 1. The molecule has 1 N–H and O–H groups in total. The lowest BCUT2D eigenvalue weighted by Crippen LogP contribution is -2.29. The van der Waals surface area contributed by atoms with E-state index in [1.165, 1.54) is 6.07 Å². The summed E-state index contributed by atoms with van der Waals surface area (Å²) in [6, 6.07) is 1.40. The summed E-state index contributed by atoms with van der Waals surface area (Å²) in [5, 5.41) is 4.14. The third-order valence-electron chi connectivity index (χ3n) is 2.17. The summed E-state index contributed by atoms with van der Waals surface area (Å²) in [6.07, 6.45) is -3.36. The second kappa shape index (κ2) is 4.84. The molecule has 0 radical (unpaired) electrons. The summed E-state index contributed by atoms with van der Waals surface area (Å²) in [6.45, 7) is 0.0794. The number of hydrogen-bond donors (Lipinski definition) is 1. The molecule has 9 heteroatoms. The SMILES string of the molecule is Cc1noc2ncc(C(=O)NOCC(F)(F)F)cc12. The van der Waals surface area contributed by atoms with Crippen LogP contribution in [-0.2, 0) is 4.84 Å². The summed E-state index contributed by atoms with van der Waals surface area (Å²) in [5.74, 6) is -0.834. The highest BCUT2D eigenvalue weighted by atomic mass is 19.4. The Labute approximate surface area is 104 Å². The van der Waals surface area contributed by atoms with E-state index in [0.29, 0.717) is 11.1 Å². The molecule has 19 heavy (non-hydrogen) atoms. The molecule has 0 saturated carbocycles. The Bertz CT molecular complexity index is 609. The number of halogens is 3. The Balaban J connectivity index is 2.07. The number of aromatic nitrogens is 2. The zero-order chi connectivity index (χ0) is 14.0. The molecule has 6 nitrogen and oxygen atoms in total. The minimum absolute atomic E-state index is 0.0426. The maximum absolute atomic E-state index is 11.8. The van der Waals surface area contributed by atoms with Crippen LogP contribution in [0.5, 0.6) is 0 Å². The molecule has 0 aliphatic rings. The van der Waals surface area contributed by atoms with Crippen LogP contribution >= 0.6 is 0 Å². The molecule has 0 spiro atoms. The zero-order valence-electron chi connectivity index (χ0n) is 9.61. The Morgan fingerprint density at radius 3 is 2.95 bits per heavy atom. The number of aryl methyl sites for hydroxylation is 1. The molecule has 0 fully saturated rings. The molecule has 0 atom stereocenters. The van der Waals surface area contributed by atoms with Crippen molar-refractivity contribution in [3.8, 4) is 0 Å². The van der Waals surface area contributed by atoms with Crippen LogP contribution in [0.25, 0.3) is 11.1 Å². The molecule has 1 amide bonds. The number of pyridine rings is 1. The number of nitrogens with zero attached hydrogens (tertiary/aromatic N) is 2. The first-order valence-corrected chi connectivity index (χ1v) is 5.08. The van der Waals surface area contributed by atoms with Crippen LogP contribution in [0.4, 0.5) is 13.2 Å². The number of amides is 1. The summed E-state index contributed by atoms with van der Waals surface area (Å²) >= 11 is 0. The Hall–Kier alpha value is -2.16. The second-order valence-corrected chi connectivity index (χ2v) is 3.68. The van der Waals surface area contributed by atoms with Crippen molar-refractivity contribution in [3.63, 3.8) is 0 Å². The van der Waals surface area contributed by atoms with Gasteiger partial charge in [-0.3, -0.25) is 9.63 Å². The summed E-state index contributed by atoms with van der Waals surface area (Å²) in [5.41, 5.74) is 2.49. The van der Waals surface area contributed by atoms with E-state index in [4.69, 9.17) is 4.52 Å². The van der Waals surface area contributed by atoms with Crippen LogP contribution < -0.4 is 5.48 Å². The Morgan fingerprint density at radius 2 is 2.26 bits per heavy atom. The van der Waals surface area contributed by atoms with Crippen LogP contribution in [-0.4, -0.2) is 28.8 Å². The lowest BCUT2D eigenvalue weighted by Gasteiger charge is -2.07. The molecular weight excluding hydrogens is 267 g/mol. The fourth-order valence-corrected chi connectivity index (χ4v) is 1.31. The van der Waals surface area contributed by atoms with E-state index < -0.39 is 18.7 Å². The van der Waals surface area contributed by atoms with Crippen molar-refractivity contribution in [2.24, 2.45) is 0 Å². The fraction of sp³-hybridized carbons (Fsp3) is 0.300. The number of hydroxylamine groups is 1. The average Bonchev–Trinajstić information content (AvgIpc) is 2.69. The lowest BCUT2D eigenvalue weighted by atomic mass is 10.2. The first kappa shape index (κ1) is 13.3. The normalized spacial score (nSPS) is 11.8. The number of hydrogen-bond acceptors (Lipinski definition) is 5. The van der Waals surface area contributed by atoms with Gasteiger partial charge in [0, 0.05) is 6.20 Å². The van der Waals surface area contributed by atoms with E-state index in [0.717, 1.165) is 6.20 Å². The average molecular weight is 275 g/mol. The highest BCUT2D eigenvalue weighted by Crippen LogP contribution is 2.17. The lowest BCUT2D eigenvalue weighted by molar-refractivity contribution is -0.184. The van der Waals surface area contributed by atoms with Crippen molar-refractivity contribution in [2.75, 3.05) is 6.61 Å². The number of fused-ring (bicyclic) bond motifs is 1. The van der Waals surface area contributed by atoms with Gasteiger partial charge in [0.25, 0.3) is 11.6 Å². The minimum Gasteiger partial charge on any atom is -0.336 e. The summed E-state index contributed by atoms with van der Waals surface area (Å²) < 4.78 is 40.3. The van der Waals surface area contributed by atoms with Crippen molar-refractivity contribution < 1.29 is 27.3 Å². The molecule has 0 aromatic carbocycles. The maximum atomic E-state index is 11.8. The highest BCUT2D eigenvalue weighted by Gasteiger charge is 2.28. The zero-order valence-corrected chi connectivity index (χ0v) is 9.61. The smallest absolute Gasteiger partial charge is 0.336 e.